The molecule has 0 spiro atoms. The molecule has 1 unspecified atom stereocenters. The summed E-state index contributed by atoms with van der Waals surface area (Å²) in [6.07, 6.45) is 0. The van der Waals surface area contributed by atoms with E-state index in [1.807, 2.05) is 67.6 Å². The first-order valence-corrected chi connectivity index (χ1v) is 10.3. The first kappa shape index (κ1) is 19.7. The molecule has 0 fully saturated rings. The molecule has 0 bridgehead atoms. The summed E-state index contributed by atoms with van der Waals surface area (Å²) in [6, 6.07) is 20.5. The zero-order chi connectivity index (χ0) is 21.1. The van der Waals surface area contributed by atoms with Crippen LogP contribution in [0, 0.1) is 6.92 Å². The predicted octanol–water partition coefficient (Wildman–Crippen LogP) is 4.42. The summed E-state index contributed by atoms with van der Waals surface area (Å²) in [5.74, 6) is -0.656. The SMILES string of the molecule is Cc1ccc(-c2nnc(NC(=O)C(C)NC(=O)c3ccc4ccccc4c3)s2)cc1. The lowest BCUT2D eigenvalue weighted by Crippen LogP contribution is -2.41. The molecule has 0 aliphatic rings. The molecule has 0 saturated heterocycles. The van der Waals surface area contributed by atoms with Gasteiger partial charge in [-0.15, -0.1) is 10.2 Å². The minimum atomic E-state index is -0.726. The maximum absolute atomic E-state index is 12.6. The topological polar surface area (TPSA) is 84.0 Å². The molecule has 0 saturated carbocycles. The fraction of sp³-hybridized carbons (Fsp3) is 0.130. The molecule has 2 amide bonds. The molecule has 1 aromatic heterocycles. The highest BCUT2D eigenvalue weighted by Gasteiger charge is 2.19. The Balaban J connectivity index is 1.39. The molecular formula is C23H20N4O2S. The molecule has 30 heavy (non-hydrogen) atoms. The Bertz CT molecular complexity index is 1220. The zero-order valence-corrected chi connectivity index (χ0v) is 17.4. The van der Waals surface area contributed by atoms with Crippen LogP contribution >= 0.6 is 11.3 Å². The summed E-state index contributed by atoms with van der Waals surface area (Å²) >= 11 is 1.29. The van der Waals surface area contributed by atoms with E-state index in [0.717, 1.165) is 26.9 Å². The van der Waals surface area contributed by atoms with E-state index < -0.39 is 6.04 Å². The number of anilines is 1. The van der Waals surface area contributed by atoms with Gasteiger partial charge in [0.05, 0.1) is 0 Å². The highest BCUT2D eigenvalue weighted by molar-refractivity contribution is 7.18. The summed E-state index contributed by atoms with van der Waals surface area (Å²) in [5, 5.41) is 16.8. The molecule has 3 aromatic carbocycles. The second-order valence-electron chi connectivity index (χ2n) is 7.02. The van der Waals surface area contributed by atoms with Crippen molar-refractivity contribution < 1.29 is 9.59 Å². The monoisotopic (exact) mass is 416 g/mol. The van der Waals surface area contributed by atoms with Gasteiger partial charge < -0.3 is 5.32 Å². The van der Waals surface area contributed by atoms with Gasteiger partial charge in [-0.1, -0.05) is 71.5 Å². The van der Waals surface area contributed by atoms with Gasteiger partial charge in [0, 0.05) is 11.1 Å². The normalized spacial score (nSPS) is 11.8. The predicted molar refractivity (Wildman–Crippen MR) is 120 cm³/mol. The van der Waals surface area contributed by atoms with E-state index in [-0.39, 0.29) is 11.8 Å². The highest BCUT2D eigenvalue weighted by Crippen LogP contribution is 2.26. The van der Waals surface area contributed by atoms with Gasteiger partial charge in [0.1, 0.15) is 11.0 Å². The van der Waals surface area contributed by atoms with Gasteiger partial charge >= 0.3 is 0 Å². The van der Waals surface area contributed by atoms with Crippen LogP contribution in [0.5, 0.6) is 0 Å². The number of carbonyl (C=O) groups is 2. The Morgan fingerprint density at radius 3 is 2.43 bits per heavy atom. The van der Waals surface area contributed by atoms with Crippen molar-refractivity contribution in [2.45, 2.75) is 19.9 Å². The largest absolute Gasteiger partial charge is 0.341 e. The van der Waals surface area contributed by atoms with E-state index in [1.54, 1.807) is 13.0 Å². The summed E-state index contributed by atoms with van der Waals surface area (Å²) in [5.41, 5.74) is 2.61. The summed E-state index contributed by atoms with van der Waals surface area (Å²) in [6.45, 7) is 3.65. The Morgan fingerprint density at radius 1 is 0.933 bits per heavy atom. The van der Waals surface area contributed by atoms with Crippen LogP contribution in [0.25, 0.3) is 21.3 Å². The average molecular weight is 417 g/mol. The van der Waals surface area contributed by atoms with Gasteiger partial charge in [-0.2, -0.15) is 0 Å². The van der Waals surface area contributed by atoms with Gasteiger partial charge in [-0.25, -0.2) is 0 Å². The van der Waals surface area contributed by atoms with Crippen molar-refractivity contribution in [1.29, 1.82) is 0 Å². The number of nitrogens with zero attached hydrogens (tertiary/aromatic N) is 2. The summed E-state index contributed by atoms with van der Waals surface area (Å²) in [4.78, 5) is 25.1. The number of carbonyl (C=O) groups excluding carboxylic acids is 2. The van der Waals surface area contributed by atoms with Gasteiger partial charge in [0.2, 0.25) is 11.0 Å². The van der Waals surface area contributed by atoms with Gasteiger partial charge in [-0.05, 0) is 36.8 Å². The third-order valence-electron chi connectivity index (χ3n) is 4.71. The molecule has 1 heterocycles. The molecule has 2 N–H and O–H groups in total. The quantitative estimate of drug-likeness (QED) is 0.504. The summed E-state index contributed by atoms with van der Waals surface area (Å²) < 4.78 is 0. The molecule has 0 aliphatic carbocycles. The van der Waals surface area contributed by atoms with Crippen LogP contribution in [-0.2, 0) is 4.79 Å². The number of hydrogen-bond acceptors (Lipinski definition) is 5. The minimum absolute atomic E-state index is 0.305. The third-order valence-corrected chi connectivity index (χ3v) is 5.59. The Morgan fingerprint density at radius 2 is 1.67 bits per heavy atom. The number of fused-ring (bicyclic) bond motifs is 1. The number of rotatable bonds is 5. The third kappa shape index (κ3) is 4.36. The molecule has 4 rings (SSSR count). The maximum Gasteiger partial charge on any atom is 0.251 e. The standard InChI is InChI=1S/C23H20N4O2S/c1-14-7-9-17(10-8-14)22-26-27-23(30-22)25-20(28)15(2)24-21(29)19-12-11-16-5-3-4-6-18(16)13-19/h3-13,15H,1-2H3,(H,24,29)(H,25,27,28). The van der Waals surface area contributed by atoms with Crippen LogP contribution < -0.4 is 10.6 Å². The molecule has 4 aromatic rings. The number of hydrogen-bond donors (Lipinski definition) is 2. The Kier molecular flexibility index (Phi) is 5.54. The van der Waals surface area contributed by atoms with Crippen LogP contribution in [0.15, 0.2) is 66.7 Å². The van der Waals surface area contributed by atoms with E-state index in [4.69, 9.17) is 0 Å². The lowest BCUT2D eigenvalue weighted by atomic mass is 10.1. The van der Waals surface area contributed by atoms with Gasteiger partial charge in [0.15, 0.2) is 0 Å². The lowest BCUT2D eigenvalue weighted by molar-refractivity contribution is -0.117. The maximum atomic E-state index is 12.6. The van der Waals surface area contributed by atoms with Crippen molar-refractivity contribution in [1.82, 2.24) is 15.5 Å². The van der Waals surface area contributed by atoms with Crippen LogP contribution in [0.3, 0.4) is 0 Å². The molecule has 150 valence electrons. The van der Waals surface area contributed by atoms with Crippen LogP contribution in [0.1, 0.15) is 22.8 Å². The number of aryl methyl sites for hydroxylation is 1. The van der Waals surface area contributed by atoms with Crippen molar-refractivity contribution in [2.24, 2.45) is 0 Å². The van der Waals surface area contributed by atoms with E-state index in [1.165, 1.54) is 11.3 Å². The van der Waals surface area contributed by atoms with E-state index >= 15 is 0 Å². The minimum Gasteiger partial charge on any atom is -0.341 e. The number of nitrogens with one attached hydrogen (secondary N) is 2. The van der Waals surface area contributed by atoms with Gasteiger partial charge in [0.25, 0.3) is 5.91 Å². The zero-order valence-electron chi connectivity index (χ0n) is 16.5. The smallest absolute Gasteiger partial charge is 0.251 e. The first-order chi connectivity index (χ1) is 14.5. The lowest BCUT2D eigenvalue weighted by Gasteiger charge is -2.13. The number of aromatic nitrogens is 2. The van der Waals surface area contributed by atoms with E-state index in [9.17, 15) is 9.59 Å². The fourth-order valence-electron chi connectivity index (χ4n) is 2.98. The van der Waals surface area contributed by atoms with E-state index in [2.05, 4.69) is 20.8 Å². The molecule has 7 heteroatoms. The molecular weight excluding hydrogens is 396 g/mol. The van der Waals surface area contributed by atoms with Gasteiger partial charge in [-0.3, -0.25) is 14.9 Å². The van der Waals surface area contributed by atoms with Crippen LogP contribution in [0.2, 0.25) is 0 Å². The fourth-order valence-corrected chi connectivity index (χ4v) is 3.73. The Labute approximate surface area is 178 Å². The second kappa shape index (κ2) is 8.42. The first-order valence-electron chi connectivity index (χ1n) is 9.51. The second-order valence-corrected chi connectivity index (χ2v) is 8.00. The summed E-state index contributed by atoms with van der Waals surface area (Å²) in [7, 11) is 0. The van der Waals surface area contributed by atoms with Crippen molar-refractivity contribution in [3.05, 3.63) is 77.9 Å². The van der Waals surface area contributed by atoms with Crippen molar-refractivity contribution in [2.75, 3.05) is 5.32 Å². The van der Waals surface area contributed by atoms with E-state index in [0.29, 0.717) is 10.7 Å². The average Bonchev–Trinajstić information content (AvgIpc) is 3.22. The molecule has 1 atom stereocenters. The van der Waals surface area contributed by atoms with Crippen LogP contribution in [0.4, 0.5) is 5.13 Å². The Hall–Kier alpha value is -3.58. The van der Waals surface area contributed by atoms with Crippen molar-refractivity contribution in [3.63, 3.8) is 0 Å². The molecule has 0 aliphatic heterocycles. The van der Waals surface area contributed by atoms with Crippen molar-refractivity contribution >= 4 is 39.1 Å². The van der Waals surface area contributed by atoms with Crippen LogP contribution in [-0.4, -0.2) is 28.1 Å². The highest BCUT2D eigenvalue weighted by atomic mass is 32.1. The molecule has 6 nitrogen and oxygen atoms in total. The number of benzene rings is 3. The molecule has 0 radical (unpaired) electrons. The number of amides is 2. The van der Waals surface area contributed by atoms with Crippen molar-refractivity contribution in [3.8, 4) is 10.6 Å².